The molecule has 3 nitrogen and oxygen atoms in total. The molecule has 2 aromatic carbocycles. The van der Waals surface area contributed by atoms with Crippen LogP contribution in [-0.2, 0) is 4.79 Å². The van der Waals surface area contributed by atoms with Crippen LogP contribution in [0.4, 0.5) is 10.1 Å². The molecule has 1 N–H and O–H groups in total. The smallest absolute Gasteiger partial charge is 0.264 e. The van der Waals surface area contributed by atoms with Crippen LogP contribution in [0.15, 0.2) is 52.4 Å². The molecule has 1 fully saturated rings. The van der Waals surface area contributed by atoms with Crippen molar-refractivity contribution in [1.82, 2.24) is 5.32 Å². The maximum Gasteiger partial charge on any atom is 0.264 e. The van der Waals surface area contributed by atoms with Crippen molar-refractivity contribution in [2.75, 3.05) is 0 Å². The van der Waals surface area contributed by atoms with Crippen molar-refractivity contribution in [2.45, 2.75) is 13.8 Å². The second kappa shape index (κ2) is 6.38. The number of nitrogens with one attached hydrogen (secondary N) is 1. The van der Waals surface area contributed by atoms with Gasteiger partial charge >= 0.3 is 0 Å². The van der Waals surface area contributed by atoms with Gasteiger partial charge in [-0.05, 0) is 61.0 Å². The number of aryl methyl sites for hydroxylation is 2. The number of amides is 1. The fourth-order valence-electron chi connectivity index (χ4n) is 2.23. The minimum absolute atomic E-state index is 0.192. The molecule has 5 heteroatoms. The van der Waals surface area contributed by atoms with Gasteiger partial charge in [0.15, 0.2) is 5.17 Å². The Balaban J connectivity index is 1.84. The number of aliphatic imine (C=N–C) groups is 1. The Hall–Kier alpha value is -2.40. The van der Waals surface area contributed by atoms with E-state index in [1.54, 1.807) is 18.2 Å². The third-order valence-electron chi connectivity index (χ3n) is 3.39. The van der Waals surface area contributed by atoms with E-state index in [9.17, 15) is 9.18 Å². The van der Waals surface area contributed by atoms with Crippen LogP contribution < -0.4 is 5.32 Å². The van der Waals surface area contributed by atoms with Gasteiger partial charge in [-0.3, -0.25) is 4.79 Å². The number of amidine groups is 1. The average molecular weight is 326 g/mol. The number of thioether (sulfide) groups is 1. The van der Waals surface area contributed by atoms with Gasteiger partial charge in [-0.1, -0.05) is 29.8 Å². The van der Waals surface area contributed by atoms with Crippen LogP contribution in [0.5, 0.6) is 0 Å². The predicted octanol–water partition coefficient (Wildman–Crippen LogP) is 4.33. The Morgan fingerprint density at radius 3 is 2.57 bits per heavy atom. The molecule has 0 atom stereocenters. The fourth-order valence-corrected chi connectivity index (χ4v) is 3.07. The number of hydrogen-bond acceptors (Lipinski definition) is 3. The van der Waals surface area contributed by atoms with E-state index in [0.29, 0.717) is 10.1 Å². The molecule has 1 aliphatic rings. The van der Waals surface area contributed by atoms with Crippen LogP contribution in [0.2, 0.25) is 0 Å². The van der Waals surface area contributed by atoms with Crippen molar-refractivity contribution in [1.29, 1.82) is 0 Å². The summed E-state index contributed by atoms with van der Waals surface area (Å²) in [6.07, 6.45) is 1.73. The van der Waals surface area contributed by atoms with Crippen LogP contribution in [0.1, 0.15) is 16.7 Å². The largest absolute Gasteiger partial charge is 0.300 e. The molecular formula is C18H15FN2OS. The van der Waals surface area contributed by atoms with E-state index in [-0.39, 0.29) is 11.7 Å². The number of carbonyl (C=O) groups excluding carboxylic acids is 1. The molecule has 3 rings (SSSR count). The van der Waals surface area contributed by atoms with Gasteiger partial charge in [0.1, 0.15) is 5.82 Å². The average Bonchev–Trinajstić information content (AvgIpc) is 2.84. The van der Waals surface area contributed by atoms with Crippen molar-refractivity contribution >= 4 is 34.6 Å². The highest BCUT2D eigenvalue weighted by molar-refractivity contribution is 8.18. The maximum atomic E-state index is 12.9. The van der Waals surface area contributed by atoms with Gasteiger partial charge in [0.25, 0.3) is 5.91 Å². The number of halogens is 1. The van der Waals surface area contributed by atoms with E-state index in [2.05, 4.69) is 16.4 Å². The van der Waals surface area contributed by atoms with Crippen LogP contribution in [-0.4, -0.2) is 11.1 Å². The van der Waals surface area contributed by atoms with Crippen LogP contribution in [0.25, 0.3) is 6.08 Å². The SMILES string of the molecule is Cc1ccc(N=C2NC(=O)C(=Cc3ccc(F)cc3)S2)c(C)c1. The van der Waals surface area contributed by atoms with E-state index in [4.69, 9.17) is 0 Å². The van der Waals surface area contributed by atoms with Gasteiger partial charge in [-0.2, -0.15) is 0 Å². The summed E-state index contributed by atoms with van der Waals surface area (Å²) in [5.74, 6) is -0.490. The highest BCUT2D eigenvalue weighted by Gasteiger charge is 2.23. The highest BCUT2D eigenvalue weighted by Crippen LogP contribution is 2.29. The Labute approximate surface area is 138 Å². The second-order valence-electron chi connectivity index (χ2n) is 5.32. The lowest BCUT2D eigenvalue weighted by atomic mass is 10.1. The molecule has 1 amide bonds. The van der Waals surface area contributed by atoms with Crippen LogP contribution in [0, 0.1) is 19.7 Å². The molecule has 0 bridgehead atoms. The van der Waals surface area contributed by atoms with Crippen molar-refractivity contribution in [3.05, 3.63) is 69.9 Å². The molecule has 2 aromatic rings. The summed E-state index contributed by atoms with van der Waals surface area (Å²) in [5, 5.41) is 3.31. The molecule has 1 aliphatic heterocycles. The zero-order valence-corrected chi connectivity index (χ0v) is 13.6. The summed E-state index contributed by atoms with van der Waals surface area (Å²) in [6, 6.07) is 12.0. The molecule has 0 aliphatic carbocycles. The number of hydrogen-bond donors (Lipinski definition) is 1. The minimum Gasteiger partial charge on any atom is -0.300 e. The molecule has 0 saturated carbocycles. The molecule has 116 valence electrons. The standard InChI is InChI=1S/C18H15FN2OS/c1-11-3-8-15(12(2)9-11)20-18-21-17(22)16(23-18)10-13-4-6-14(19)7-5-13/h3-10H,1-2H3,(H,20,21,22). The van der Waals surface area contributed by atoms with Gasteiger partial charge in [0.2, 0.25) is 0 Å². The van der Waals surface area contributed by atoms with Crippen LogP contribution >= 0.6 is 11.8 Å². The quantitative estimate of drug-likeness (QED) is 0.834. The van der Waals surface area contributed by atoms with Gasteiger partial charge in [-0.15, -0.1) is 0 Å². The summed E-state index contributed by atoms with van der Waals surface area (Å²) in [5.41, 5.74) is 3.84. The molecule has 0 unspecified atom stereocenters. The van der Waals surface area contributed by atoms with Gasteiger partial charge < -0.3 is 5.32 Å². The summed E-state index contributed by atoms with van der Waals surface area (Å²) in [6.45, 7) is 4.02. The second-order valence-corrected chi connectivity index (χ2v) is 6.35. The summed E-state index contributed by atoms with van der Waals surface area (Å²) < 4.78 is 12.9. The molecule has 0 spiro atoms. The van der Waals surface area contributed by atoms with Crippen molar-refractivity contribution < 1.29 is 9.18 Å². The lowest BCUT2D eigenvalue weighted by Crippen LogP contribution is -2.19. The van der Waals surface area contributed by atoms with E-state index >= 15 is 0 Å². The number of rotatable bonds is 2. The van der Waals surface area contributed by atoms with E-state index in [0.717, 1.165) is 16.8 Å². The number of nitrogens with zero attached hydrogens (tertiary/aromatic N) is 1. The van der Waals surface area contributed by atoms with Crippen molar-refractivity contribution in [3.63, 3.8) is 0 Å². The molecule has 1 saturated heterocycles. The van der Waals surface area contributed by atoms with Gasteiger partial charge in [0, 0.05) is 0 Å². The molecule has 0 aromatic heterocycles. The number of benzene rings is 2. The zero-order valence-electron chi connectivity index (χ0n) is 12.8. The lowest BCUT2D eigenvalue weighted by molar-refractivity contribution is -0.115. The topological polar surface area (TPSA) is 41.5 Å². The highest BCUT2D eigenvalue weighted by atomic mass is 32.2. The zero-order chi connectivity index (χ0) is 16.4. The first-order valence-corrected chi connectivity index (χ1v) is 7.95. The Morgan fingerprint density at radius 1 is 1.13 bits per heavy atom. The molecule has 23 heavy (non-hydrogen) atoms. The first-order valence-electron chi connectivity index (χ1n) is 7.14. The Bertz CT molecular complexity index is 825. The summed E-state index contributed by atoms with van der Waals surface area (Å²) in [7, 11) is 0. The predicted molar refractivity (Wildman–Crippen MR) is 93.1 cm³/mol. The van der Waals surface area contributed by atoms with E-state index in [1.165, 1.54) is 29.5 Å². The third kappa shape index (κ3) is 3.68. The minimum atomic E-state index is -0.298. The summed E-state index contributed by atoms with van der Waals surface area (Å²) >= 11 is 1.28. The molecular weight excluding hydrogens is 311 g/mol. The maximum absolute atomic E-state index is 12.9. The van der Waals surface area contributed by atoms with Crippen LogP contribution in [0.3, 0.4) is 0 Å². The molecule has 1 heterocycles. The molecule has 0 radical (unpaired) electrons. The van der Waals surface area contributed by atoms with Crippen molar-refractivity contribution in [2.24, 2.45) is 4.99 Å². The lowest BCUT2D eigenvalue weighted by Gasteiger charge is -2.02. The first-order chi connectivity index (χ1) is 11.0. The van der Waals surface area contributed by atoms with E-state index in [1.807, 2.05) is 26.0 Å². The monoisotopic (exact) mass is 326 g/mol. The Morgan fingerprint density at radius 2 is 1.87 bits per heavy atom. The van der Waals surface area contributed by atoms with E-state index < -0.39 is 0 Å². The normalized spacial score (nSPS) is 17.8. The fraction of sp³-hybridized carbons (Fsp3) is 0.111. The first kappa shape index (κ1) is 15.5. The van der Waals surface area contributed by atoms with Gasteiger partial charge in [0.05, 0.1) is 10.6 Å². The number of carbonyl (C=O) groups is 1. The van der Waals surface area contributed by atoms with Crippen molar-refractivity contribution in [3.8, 4) is 0 Å². The summed E-state index contributed by atoms with van der Waals surface area (Å²) in [4.78, 5) is 17.1. The van der Waals surface area contributed by atoms with Gasteiger partial charge in [-0.25, -0.2) is 9.38 Å². The third-order valence-corrected chi connectivity index (χ3v) is 4.30. The Kier molecular flexibility index (Phi) is 4.30.